The van der Waals surface area contributed by atoms with E-state index in [1.165, 1.54) is 6.92 Å². The monoisotopic (exact) mass is 420 g/mol. The normalized spacial score (nSPS) is 23.3. The van der Waals surface area contributed by atoms with Crippen molar-refractivity contribution in [2.75, 3.05) is 26.4 Å². The van der Waals surface area contributed by atoms with Crippen LogP contribution in [-0.4, -0.2) is 69.2 Å². The number of esters is 4. The number of carbonyl (C=O) groups is 4. The van der Waals surface area contributed by atoms with Crippen molar-refractivity contribution in [2.24, 2.45) is 11.8 Å². The van der Waals surface area contributed by atoms with E-state index in [4.69, 9.17) is 28.4 Å². The Morgan fingerprint density at radius 1 is 0.966 bits per heavy atom. The van der Waals surface area contributed by atoms with Crippen molar-refractivity contribution in [3.8, 4) is 0 Å². The molecule has 2 heterocycles. The second-order valence-electron chi connectivity index (χ2n) is 6.74. The molecule has 0 bridgehead atoms. The Labute approximate surface area is 168 Å². The molecule has 0 saturated carbocycles. The molecule has 11 nitrogen and oxygen atoms in total. The van der Waals surface area contributed by atoms with Crippen LogP contribution in [-0.2, 0) is 52.3 Å². The summed E-state index contributed by atoms with van der Waals surface area (Å²) >= 11 is 0. The van der Waals surface area contributed by atoms with Gasteiger partial charge in [-0.15, -0.1) is 0 Å². The van der Waals surface area contributed by atoms with E-state index >= 15 is 0 Å². The summed E-state index contributed by atoms with van der Waals surface area (Å²) < 4.78 is 34.3. The lowest BCUT2D eigenvalue weighted by molar-refractivity contribution is -0.184. The van der Waals surface area contributed by atoms with Gasteiger partial charge in [0.15, 0.2) is 12.9 Å². The molecule has 2 fully saturated rings. The molecule has 2 rings (SSSR count). The second kappa shape index (κ2) is 12.3. The molecule has 0 aromatic carbocycles. The minimum Gasteiger partial charge on any atom is -0.460 e. The molecule has 11 heteroatoms. The third-order valence-electron chi connectivity index (χ3n) is 3.34. The van der Waals surface area contributed by atoms with E-state index in [0.29, 0.717) is 0 Å². The first kappa shape index (κ1) is 24.8. The number of rotatable bonds is 7. The van der Waals surface area contributed by atoms with E-state index in [9.17, 15) is 19.2 Å². The summed E-state index contributed by atoms with van der Waals surface area (Å²) in [4.78, 5) is 43.3. The highest BCUT2D eigenvalue weighted by Gasteiger charge is 2.29. The molecule has 2 aliphatic heterocycles. The summed E-state index contributed by atoms with van der Waals surface area (Å²) in [6.07, 6.45) is -2.09. The number of hydrogen-bond donors (Lipinski definition) is 0. The molecule has 0 amide bonds. The van der Waals surface area contributed by atoms with E-state index in [0.717, 1.165) is 0 Å². The summed E-state index contributed by atoms with van der Waals surface area (Å²) in [6.45, 7) is 8.29. The first-order chi connectivity index (χ1) is 13.6. The molecule has 0 radical (unpaired) electrons. The van der Waals surface area contributed by atoms with Gasteiger partial charge in [-0.2, -0.15) is 0 Å². The average molecular weight is 420 g/mol. The van der Waals surface area contributed by atoms with Crippen LogP contribution in [0.25, 0.3) is 0 Å². The third kappa shape index (κ3) is 10.2. The van der Waals surface area contributed by atoms with E-state index < -0.39 is 30.8 Å². The molecule has 2 saturated heterocycles. The van der Waals surface area contributed by atoms with Crippen molar-refractivity contribution in [3.63, 3.8) is 0 Å². The number of cyclic esters (lactones) is 1. The number of ether oxygens (including phenoxy) is 7. The smallest absolute Gasteiger partial charge is 0.334 e. The maximum absolute atomic E-state index is 11.1. The van der Waals surface area contributed by atoms with Crippen LogP contribution in [0.15, 0.2) is 0 Å². The molecule has 0 N–H and O–H groups in total. The fourth-order valence-corrected chi connectivity index (χ4v) is 1.86. The van der Waals surface area contributed by atoms with Crippen LogP contribution in [0.1, 0.15) is 34.6 Å². The van der Waals surface area contributed by atoms with Gasteiger partial charge < -0.3 is 33.2 Å². The van der Waals surface area contributed by atoms with Gasteiger partial charge in [0, 0.05) is 6.92 Å². The lowest BCUT2D eigenvalue weighted by Crippen LogP contribution is -2.24. The lowest BCUT2D eigenvalue weighted by atomic mass is 10.2. The van der Waals surface area contributed by atoms with Gasteiger partial charge in [-0.05, 0) is 0 Å². The van der Waals surface area contributed by atoms with E-state index in [-0.39, 0.29) is 50.2 Å². The molecule has 0 spiro atoms. The van der Waals surface area contributed by atoms with Crippen molar-refractivity contribution >= 4 is 23.9 Å². The molecule has 3 atom stereocenters. The fourth-order valence-electron chi connectivity index (χ4n) is 1.86. The molecular formula is C18H28O11. The van der Waals surface area contributed by atoms with Crippen LogP contribution in [0, 0.1) is 11.8 Å². The predicted octanol–water partition coefficient (Wildman–Crippen LogP) is 0.533. The van der Waals surface area contributed by atoms with Crippen molar-refractivity contribution in [1.29, 1.82) is 0 Å². The van der Waals surface area contributed by atoms with Crippen LogP contribution < -0.4 is 0 Å². The second-order valence-corrected chi connectivity index (χ2v) is 6.74. The quantitative estimate of drug-likeness (QED) is 0.422. The zero-order valence-corrected chi connectivity index (χ0v) is 17.2. The summed E-state index contributed by atoms with van der Waals surface area (Å²) in [5.74, 6) is -1.88. The molecule has 2 aliphatic rings. The predicted molar refractivity (Wildman–Crippen MR) is 93.8 cm³/mol. The van der Waals surface area contributed by atoms with Crippen LogP contribution >= 0.6 is 0 Å². The Hall–Kier alpha value is -2.24. The number of hydrogen-bond acceptors (Lipinski definition) is 11. The topological polar surface area (TPSA) is 133 Å². The Kier molecular flexibility index (Phi) is 10.6. The molecule has 1 unspecified atom stereocenters. The number of carbonyl (C=O) groups excluding carboxylic acids is 4. The van der Waals surface area contributed by atoms with Gasteiger partial charge in [-0.3, -0.25) is 14.4 Å². The zero-order chi connectivity index (χ0) is 22.0. The Balaban J connectivity index is 0.000000296. The first-order valence-electron chi connectivity index (χ1n) is 9.17. The van der Waals surface area contributed by atoms with Crippen molar-refractivity contribution < 1.29 is 52.3 Å². The van der Waals surface area contributed by atoms with Gasteiger partial charge in [-0.1, -0.05) is 27.7 Å². The first-order valence-corrected chi connectivity index (χ1v) is 9.17. The summed E-state index contributed by atoms with van der Waals surface area (Å²) in [5.41, 5.74) is 0. The lowest BCUT2D eigenvalue weighted by Gasteiger charge is -2.12. The highest BCUT2D eigenvalue weighted by Crippen LogP contribution is 2.13. The van der Waals surface area contributed by atoms with Crippen LogP contribution in [0.3, 0.4) is 0 Å². The highest BCUT2D eigenvalue weighted by molar-refractivity contribution is 5.73. The van der Waals surface area contributed by atoms with Gasteiger partial charge in [0.1, 0.15) is 19.8 Å². The fraction of sp³-hybridized carbons (Fsp3) is 0.778. The highest BCUT2D eigenvalue weighted by atomic mass is 16.8. The molecule has 0 aromatic heterocycles. The Morgan fingerprint density at radius 2 is 1.52 bits per heavy atom. The van der Waals surface area contributed by atoms with E-state index in [1.54, 1.807) is 27.7 Å². The van der Waals surface area contributed by atoms with Crippen molar-refractivity contribution in [3.05, 3.63) is 0 Å². The van der Waals surface area contributed by atoms with Crippen LogP contribution in [0.5, 0.6) is 0 Å². The standard InChI is InChI=1S/C10H16O6.C8H12O5/c1-6(2)10(12)14-4-8-13-5-9(16-8)15-7(3)11;1-5(2)8(10)12-4-7-11-3-6(9)13-7/h6,8-9H,4-5H2,1-3H3;5,7H,3-4H2,1-2H3/t8-,9?;7-/m11/s1. The SMILES string of the molecule is CC(=O)OC1CO[C@@H](COC(=O)C(C)C)O1.CC(C)C(=O)OC[C@@H]1OCC(=O)O1. The zero-order valence-electron chi connectivity index (χ0n) is 17.2. The molecule has 29 heavy (non-hydrogen) atoms. The van der Waals surface area contributed by atoms with Crippen molar-refractivity contribution in [2.45, 2.75) is 53.5 Å². The average Bonchev–Trinajstić information content (AvgIpc) is 3.26. The van der Waals surface area contributed by atoms with E-state index in [1.807, 2.05) is 0 Å². The van der Waals surface area contributed by atoms with Crippen molar-refractivity contribution in [1.82, 2.24) is 0 Å². The van der Waals surface area contributed by atoms with Gasteiger partial charge in [0.25, 0.3) is 0 Å². The molecule has 166 valence electrons. The van der Waals surface area contributed by atoms with Crippen LogP contribution in [0.2, 0.25) is 0 Å². The molecule has 0 aliphatic carbocycles. The minimum atomic E-state index is -0.727. The van der Waals surface area contributed by atoms with E-state index in [2.05, 4.69) is 4.74 Å². The van der Waals surface area contributed by atoms with Crippen LogP contribution in [0.4, 0.5) is 0 Å². The van der Waals surface area contributed by atoms with Gasteiger partial charge in [0.2, 0.25) is 12.6 Å². The third-order valence-corrected chi connectivity index (χ3v) is 3.34. The minimum absolute atomic E-state index is 0.00871. The molecule has 0 aromatic rings. The summed E-state index contributed by atoms with van der Waals surface area (Å²) in [7, 11) is 0. The van der Waals surface area contributed by atoms with Gasteiger partial charge in [-0.25, -0.2) is 4.79 Å². The molecular weight excluding hydrogens is 392 g/mol. The largest absolute Gasteiger partial charge is 0.460 e. The summed E-state index contributed by atoms with van der Waals surface area (Å²) in [5, 5.41) is 0. The van der Waals surface area contributed by atoms with Gasteiger partial charge in [0.05, 0.1) is 11.8 Å². The maximum Gasteiger partial charge on any atom is 0.334 e. The summed E-state index contributed by atoms with van der Waals surface area (Å²) in [6, 6.07) is 0. The maximum atomic E-state index is 11.1. The van der Waals surface area contributed by atoms with Gasteiger partial charge >= 0.3 is 23.9 Å². The Bertz CT molecular complexity index is 572. The Morgan fingerprint density at radius 3 is 1.97 bits per heavy atom.